The van der Waals surface area contributed by atoms with E-state index in [4.69, 9.17) is 4.84 Å². The van der Waals surface area contributed by atoms with E-state index in [1.165, 1.54) is 0 Å². The molecule has 2 nitrogen and oxygen atoms in total. The highest BCUT2D eigenvalue weighted by Gasteiger charge is 2.40. The predicted octanol–water partition coefficient (Wildman–Crippen LogP) is 1.38. The number of hydrogen-bond acceptors (Lipinski definition) is 2. The maximum atomic E-state index is 5.11. The molecule has 1 saturated heterocycles. The van der Waals surface area contributed by atoms with Crippen molar-refractivity contribution >= 4 is 0 Å². The average molecular weight is 115 g/mol. The molecule has 1 fully saturated rings. The lowest BCUT2D eigenvalue weighted by Gasteiger charge is -2.15. The van der Waals surface area contributed by atoms with Crippen LogP contribution in [0.3, 0.4) is 0 Å². The largest absolute Gasteiger partial charge is 0.275 e. The molecule has 8 heavy (non-hydrogen) atoms. The third kappa shape index (κ3) is 1.01. The Labute approximate surface area is 50.4 Å². The van der Waals surface area contributed by atoms with Crippen LogP contribution in [0.5, 0.6) is 0 Å². The van der Waals surface area contributed by atoms with Crippen molar-refractivity contribution in [1.82, 2.24) is 5.06 Å². The molecule has 1 aliphatic heterocycles. The summed E-state index contributed by atoms with van der Waals surface area (Å²) in [5.74, 6) is 0. The Hall–Kier alpha value is -0.0800. The minimum absolute atomic E-state index is 0.194. The van der Waals surface area contributed by atoms with Crippen LogP contribution in [0.15, 0.2) is 0 Å². The van der Waals surface area contributed by atoms with Crippen molar-refractivity contribution < 1.29 is 4.84 Å². The SMILES string of the molecule is C[C@@H]1ON1C(C)(C)C. The van der Waals surface area contributed by atoms with Crippen molar-refractivity contribution in [2.75, 3.05) is 0 Å². The highest BCUT2D eigenvalue weighted by molar-refractivity contribution is 4.77. The second-order valence-electron chi connectivity index (χ2n) is 3.20. The quantitative estimate of drug-likeness (QED) is 0.443. The van der Waals surface area contributed by atoms with Crippen LogP contribution in [0.2, 0.25) is 0 Å². The van der Waals surface area contributed by atoms with Crippen molar-refractivity contribution in [2.45, 2.75) is 39.5 Å². The van der Waals surface area contributed by atoms with Gasteiger partial charge in [0.25, 0.3) is 0 Å². The summed E-state index contributed by atoms with van der Waals surface area (Å²) in [5, 5.41) is 1.98. The lowest BCUT2D eigenvalue weighted by atomic mass is 10.1. The fraction of sp³-hybridized carbons (Fsp3) is 1.00. The van der Waals surface area contributed by atoms with Gasteiger partial charge in [0.1, 0.15) is 0 Å². The van der Waals surface area contributed by atoms with Gasteiger partial charge in [-0.1, -0.05) is 0 Å². The van der Waals surface area contributed by atoms with E-state index in [9.17, 15) is 0 Å². The molecule has 2 heteroatoms. The monoisotopic (exact) mass is 115 g/mol. The van der Waals surface area contributed by atoms with Crippen LogP contribution in [-0.4, -0.2) is 16.8 Å². The first kappa shape index (κ1) is 6.05. The number of nitrogens with zero attached hydrogens (tertiary/aromatic N) is 1. The van der Waals surface area contributed by atoms with Crippen LogP contribution in [0, 0.1) is 0 Å². The molecule has 0 aromatic heterocycles. The van der Waals surface area contributed by atoms with E-state index in [1.807, 2.05) is 12.0 Å². The van der Waals surface area contributed by atoms with Gasteiger partial charge in [-0.2, -0.15) is 5.06 Å². The Kier molecular flexibility index (Phi) is 1.10. The van der Waals surface area contributed by atoms with Crippen molar-refractivity contribution in [3.63, 3.8) is 0 Å². The summed E-state index contributed by atoms with van der Waals surface area (Å²) in [6.07, 6.45) is 0.343. The van der Waals surface area contributed by atoms with Crippen molar-refractivity contribution in [2.24, 2.45) is 0 Å². The van der Waals surface area contributed by atoms with Crippen LogP contribution >= 0.6 is 0 Å². The van der Waals surface area contributed by atoms with Crippen LogP contribution in [0.1, 0.15) is 27.7 Å². The highest BCUT2D eigenvalue weighted by Crippen LogP contribution is 2.29. The van der Waals surface area contributed by atoms with Crippen LogP contribution in [0.25, 0.3) is 0 Å². The predicted molar refractivity (Wildman–Crippen MR) is 32.1 cm³/mol. The molecule has 1 aliphatic rings. The van der Waals surface area contributed by atoms with Gasteiger partial charge in [0.2, 0.25) is 0 Å². The van der Waals surface area contributed by atoms with E-state index < -0.39 is 0 Å². The molecule has 0 bridgehead atoms. The lowest BCUT2D eigenvalue weighted by Crippen LogP contribution is -2.26. The maximum absolute atomic E-state index is 5.11. The van der Waals surface area contributed by atoms with E-state index in [1.54, 1.807) is 0 Å². The molecular weight excluding hydrogens is 102 g/mol. The van der Waals surface area contributed by atoms with Gasteiger partial charge in [-0.25, -0.2) is 0 Å². The van der Waals surface area contributed by atoms with Gasteiger partial charge in [-0.3, -0.25) is 4.84 Å². The number of hydroxylamine groups is 2. The first-order valence-corrected chi connectivity index (χ1v) is 2.98. The van der Waals surface area contributed by atoms with Gasteiger partial charge < -0.3 is 0 Å². The molecule has 0 N–H and O–H groups in total. The van der Waals surface area contributed by atoms with E-state index >= 15 is 0 Å². The molecule has 0 radical (unpaired) electrons. The van der Waals surface area contributed by atoms with Gasteiger partial charge in [-0.05, 0) is 27.7 Å². The number of rotatable bonds is 0. The second kappa shape index (κ2) is 1.45. The molecule has 0 aromatic carbocycles. The van der Waals surface area contributed by atoms with Crippen LogP contribution in [0.4, 0.5) is 0 Å². The van der Waals surface area contributed by atoms with E-state index in [2.05, 4.69) is 20.8 Å². The standard InChI is InChI=1S/C6H13NO/c1-5-7(8-5)6(2,3)4/h5H,1-4H3/t5-,7?/m0/s1. The van der Waals surface area contributed by atoms with E-state index in [0.29, 0.717) is 6.23 Å². The zero-order valence-electron chi connectivity index (χ0n) is 5.93. The first-order valence-electron chi connectivity index (χ1n) is 2.98. The van der Waals surface area contributed by atoms with Gasteiger partial charge in [0.05, 0.1) is 0 Å². The Morgan fingerprint density at radius 3 is 1.75 bits per heavy atom. The van der Waals surface area contributed by atoms with Gasteiger partial charge in [-0.15, -0.1) is 0 Å². The Bertz CT molecular complexity index is 95.2. The number of hydrogen-bond donors (Lipinski definition) is 0. The van der Waals surface area contributed by atoms with Gasteiger partial charge in [0, 0.05) is 5.54 Å². The van der Waals surface area contributed by atoms with Crippen LogP contribution in [-0.2, 0) is 4.84 Å². The summed E-state index contributed by atoms with van der Waals surface area (Å²) in [6.45, 7) is 8.45. The molecule has 0 spiro atoms. The molecule has 0 aliphatic carbocycles. The Balaban J connectivity index is 2.39. The lowest BCUT2D eigenvalue weighted by molar-refractivity contribution is 0.101. The summed E-state index contributed by atoms with van der Waals surface area (Å²) < 4.78 is 0. The fourth-order valence-electron chi connectivity index (χ4n) is 0.841. The molecule has 1 rings (SSSR count). The van der Waals surface area contributed by atoms with Crippen LogP contribution < -0.4 is 0 Å². The Morgan fingerprint density at radius 1 is 1.38 bits per heavy atom. The maximum Gasteiger partial charge on any atom is 0.152 e. The molecule has 0 aromatic rings. The van der Waals surface area contributed by atoms with Crippen molar-refractivity contribution in [3.05, 3.63) is 0 Å². The summed E-state index contributed by atoms with van der Waals surface area (Å²) in [7, 11) is 0. The third-order valence-corrected chi connectivity index (χ3v) is 1.21. The topological polar surface area (TPSA) is 15.5 Å². The third-order valence-electron chi connectivity index (χ3n) is 1.21. The van der Waals surface area contributed by atoms with E-state index in [-0.39, 0.29) is 5.54 Å². The van der Waals surface area contributed by atoms with Crippen molar-refractivity contribution in [3.8, 4) is 0 Å². The zero-order valence-corrected chi connectivity index (χ0v) is 5.93. The highest BCUT2D eigenvalue weighted by atomic mass is 16.8. The van der Waals surface area contributed by atoms with Gasteiger partial charge >= 0.3 is 0 Å². The molecular formula is C6H13NO. The minimum atomic E-state index is 0.194. The average Bonchev–Trinajstić information content (AvgIpc) is 2.13. The summed E-state index contributed by atoms with van der Waals surface area (Å²) in [4.78, 5) is 5.11. The zero-order chi connectivity index (χ0) is 6.36. The summed E-state index contributed by atoms with van der Waals surface area (Å²) >= 11 is 0. The summed E-state index contributed by atoms with van der Waals surface area (Å²) in [5.41, 5.74) is 0.194. The van der Waals surface area contributed by atoms with Crippen molar-refractivity contribution in [1.29, 1.82) is 0 Å². The molecule has 1 unspecified atom stereocenters. The first-order chi connectivity index (χ1) is 3.52. The fourth-order valence-corrected chi connectivity index (χ4v) is 0.841. The smallest absolute Gasteiger partial charge is 0.152 e. The second-order valence-corrected chi connectivity index (χ2v) is 3.20. The molecule has 0 amide bonds. The molecule has 1 heterocycles. The summed E-state index contributed by atoms with van der Waals surface area (Å²) in [6, 6.07) is 0. The minimum Gasteiger partial charge on any atom is -0.275 e. The van der Waals surface area contributed by atoms with E-state index in [0.717, 1.165) is 0 Å². The Morgan fingerprint density at radius 2 is 1.75 bits per heavy atom. The van der Waals surface area contributed by atoms with Gasteiger partial charge in [0.15, 0.2) is 6.23 Å². The normalized spacial score (nSPS) is 37.5. The molecule has 0 saturated carbocycles. The molecule has 48 valence electrons. The molecule has 2 atom stereocenters.